The van der Waals surface area contributed by atoms with Crippen LogP contribution in [0.3, 0.4) is 0 Å². The van der Waals surface area contributed by atoms with Crippen molar-refractivity contribution in [2.45, 2.75) is 24.8 Å². The van der Waals surface area contributed by atoms with Crippen LogP contribution in [0.1, 0.15) is 45.4 Å². The molecule has 1 saturated heterocycles. The smallest absolute Gasteiger partial charge is 0.251 e. The lowest BCUT2D eigenvalue weighted by molar-refractivity contribution is -0.128. The van der Waals surface area contributed by atoms with Gasteiger partial charge in [0.05, 0.1) is 11.8 Å². The fourth-order valence-electron chi connectivity index (χ4n) is 3.77. The van der Waals surface area contributed by atoms with E-state index in [0.29, 0.717) is 17.9 Å². The molecule has 0 unspecified atom stereocenters. The van der Waals surface area contributed by atoms with Crippen molar-refractivity contribution in [2.24, 2.45) is 0 Å². The zero-order valence-corrected chi connectivity index (χ0v) is 18.3. The van der Waals surface area contributed by atoms with Crippen LogP contribution in [0.4, 0.5) is 0 Å². The molecule has 3 aromatic carbocycles. The van der Waals surface area contributed by atoms with Crippen LogP contribution in [0.15, 0.2) is 84.9 Å². The molecule has 4 rings (SSSR count). The van der Waals surface area contributed by atoms with E-state index in [2.05, 4.69) is 17.4 Å². The summed E-state index contributed by atoms with van der Waals surface area (Å²) in [6.45, 7) is 2.67. The second-order valence-corrected chi connectivity index (χ2v) is 8.78. The predicted molar refractivity (Wildman–Crippen MR) is 126 cm³/mol. The van der Waals surface area contributed by atoms with Gasteiger partial charge in [-0.2, -0.15) is 0 Å². The average Bonchev–Trinajstić information content (AvgIpc) is 3.19. The zero-order chi connectivity index (χ0) is 21.6. The topological polar surface area (TPSA) is 49.4 Å². The van der Waals surface area contributed by atoms with Crippen LogP contribution in [0, 0.1) is 0 Å². The minimum absolute atomic E-state index is 0.00318. The number of hydrogen-bond donors (Lipinski definition) is 1. The highest BCUT2D eigenvalue weighted by molar-refractivity contribution is 8.00. The van der Waals surface area contributed by atoms with Crippen LogP contribution in [0.2, 0.25) is 0 Å². The molecule has 0 aromatic heterocycles. The third-order valence-corrected chi connectivity index (χ3v) is 6.81. The van der Waals surface area contributed by atoms with E-state index in [1.54, 1.807) is 11.8 Å². The molecule has 3 aromatic rings. The van der Waals surface area contributed by atoms with Gasteiger partial charge >= 0.3 is 0 Å². The molecule has 0 radical (unpaired) electrons. The molecule has 2 atom stereocenters. The maximum absolute atomic E-state index is 12.7. The number of hydrogen-bond acceptors (Lipinski definition) is 3. The van der Waals surface area contributed by atoms with Crippen molar-refractivity contribution < 1.29 is 9.59 Å². The average molecular weight is 431 g/mol. The summed E-state index contributed by atoms with van der Waals surface area (Å²) in [6, 6.07) is 27.7. The highest BCUT2D eigenvalue weighted by Gasteiger charge is 2.32. The van der Waals surface area contributed by atoms with Crippen LogP contribution < -0.4 is 5.32 Å². The van der Waals surface area contributed by atoms with Crippen molar-refractivity contribution in [2.75, 3.05) is 12.3 Å². The van der Waals surface area contributed by atoms with Crippen molar-refractivity contribution in [3.8, 4) is 0 Å². The van der Waals surface area contributed by atoms with Crippen LogP contribution in [0.5, 0.6) is 0 Å². The van der Waals surface area contributed by atoms with Gasteiger partial charge < -0.3 is 10.2 Å². The minimum atomic E-state index is -0.0982. The lowest BCUT2D eigenvalue weighted by Crippen LogP contribution is -2.30. The summed E-state index contributed by atoms with van der Waals surface area (Å²) in [5, 5.41) is 3.04. The van der Waals surface area contributed by atoms with Crippen molar-refractivity contribution in [3.63, 3.8) is 0 Å². The first-order chi connectivity index (χ1) is 15.1. The van der Waals surface area contributed by atoms with Gasteiger partial charge in [-0.3, -0.25) is 9.59 Å². The Labute approximate surface area is 187 Å². The molecule has 1 aliphatic rings. The first-order valence-corrected chi connectivity index (χ1v) is 11.6. The minimum Gasteiger partial charge on any atom is -0.346 e. The van der Waals surface area contributed by atoms with Gasteiger partial charge in [-0.15, -0.1) is 11.8 Å². The van der Waals surface area contributed by atoms with E-state index in [4.69, 9.17) is 0 Å². The van der Waals surface area contributed by atoms with E-state index in [-0.39, 0.29) is 23.2 Å². The molecule has 0 aliphatic carbocycles. The molecule has 2 amide bonds. The molecule has 1 aliphatic heterocycles. The number of nitrogens with zero attached hydrogens (tertiary/aromatic N) is 1. The van der Waals surface area contributed by atoms with Gasteiger partial charge in [0.15, 0.2) is 0 Å². The molecule has 1 fully saturated rings. The number of nitrogens with one attached hydrogen (secondary N) is 1. The Kier molecular flexibility index (Phi) is 6.73. The lowest BCUT2D eigenvalue weighted by Gasteiger charge is -2.24. The van der Waals surface area contributed by atoms with Crippen LogP contribution >= 0.6 is 11.8 Å². The zero-order valence-electron chi connectivity index (χ0n) is 17.5. The SMILES string of the molecule is C[C@H](NC(=O)c1ccc([C@H]2SCC(=O)N2CCc2ccccc2)cc1)c1ccccc1. The molecule has 5 heteroatoms. The Morgan fingerprint density at radius 3 is 2.32 bits per heavy atom. The first-order valence-electron chi connectivity index (χ1n) is 10.5. The summed E-state index contributed by atoms with van der Waals surface area (Å²) in [4.78, 5) is 27.1. The largest absolute Gasteiger partial charge is 0.346 e. The Morgan fingerprint density at radius 2 is 1.65 bits per heavy atom. The van der Waals surface area contributed by atoms with Crippen molar-refractivity contribution in [1.82, 2.24) is 10.2 Å². The van der Waals surface area contributed by atoms with Crippen molar-refractivity contribution in [3.05, 3.63) is 107 Å². The summed E-state index contributed by atoms with van der Waals surface area (Å²) in [6.07, 6.45) is 0.835. The number of benzene rings is 3. The molecular weight excluding hydrogens is 404 g/mol. The van der Waals surface area contributed by atoms with E-state index in [1.165, 1.54) is 5.56 Å². The number of rotatable bonds is 7. The monoisotopic (exact) mass is 430 g/mol. The van der Waals surface area contributed by atoms with Gasteiger partial charge in [0.25, 0.3) is 5.91 Å². The molecule has 0 spiro atoms. The molecule has 0 bridgehead atoms. The standard InChI is InChI=1S/C26H26N2O2S/c1-19(21-10-6-3-7-11-21)27-25(30)22-12-14-23(15-13-22)26-28(24(29)18-31-26)17-16-20-8-4-2-5-9-20/h2-15,19,26H,16-18H2,1H3,(H,27,30)/t19-,26+/m0/s1. The Balaban J connectivity index is 1.40. The van der Waals surface area contributed by atoms with Gasteiger partial charge in [0, 0.05) is 12.1 Å². The third kappa shape index (κ3) is 5.17. The second kappa shape index (κ2) is 9.84. The van der Waals surface area contributed by atoms with Crippen molar-refractivity contribution >= 4 is 23.6 Å². The molecule has 0 saturated carbocycles. The maximum atomic E-state index is 12.7. The van der Waals surface area contributed by atoms with Gasteiger partial charge in [-0.25, -0.2) is 0 Å². The fraction of sp³-hybridized carbons (Fsp3) is 0.231. The summed E-state index contributed by atoms with van der Waals surface area (Å²) >= 11 is 1.64. The normalized spacial score (nSPS) is 16.9. The summed E-state index contributed by atoms with van der Waals surface area (Å²) < 4.78 is 0. The van der Waals surface area contributed by atoms with E-state index in [1.807, 2.05) is 84.6 Å². The Bertz CT molecular complexity index is 1020. The van der Waals surface area contributed by atoms with Crippen molar-refractivity contribution in [1.29, 1.82) is 0 Å². The van der Waals surface area contributed by atoms with Crippen LogP contribution in [-0.4, -0.2) is 29.0 Å². The molecule has 1 N–H and O–H groups in total. The summed E-state index contributed by atoms with van der Waals surface area (Å²) in [5.41, 5.74) is 3.97. The van der Waals surface area contributed by atoms with Gasteiger partial charge in [-0.1, -0.05) is 72.8 Å². The van der Waals surface area contributed by atoms with Gasteiger partial charge in [-0.05, 0) is 42.2 Å². The molecule has 4 nitrogen and oxygen atoms in total. The molecule has 31 heavy (non-hydrogen) atoms. The van der Waals surface area contributed by atoms with E-state index < -0.39 is 0 Å². The summed E-state index contributed by atoms with van der Waals surface area (Å²) in [7, 11) is 0. The number of carbonyl (C=O) groups is 2. The highest BCUT2D eigenvalue weighted by Crippen LogP contribution is 2.38. The maximum Gasteiger partial charge on any atom is 0.251 e. The van der Waals surface area contributed by atoms with E-state index in [9.17, 15) is 9.59 Å². The van der Waals surface area contributed by atoms with Gasteiger partial charge in [0.1, 0.15) is 5.37 Å². The lowest BCUT2D eigenvalue weighted by atomic mass is 10.1. The second-order valence-electron chi connectivity index (χ2n) is 7.71. The molecule has 1 heterocycles. The predicted octanol–water partition coefficient (Wildman–Crippen LogP) is 4.99. The fourth-order valence-corrected chi connectivity index (χ4v) is 4.99. The van der Waals surface area contributed by atoms with Crippen LogP contribution in [0.25, 0.3) is 0 Å². The number of thioether (sulfide) groups is 1. The quantitative estimate of drug-likeness (QED) is 0.574. The number of carbonyl (C=O) groups excluding carboxylic acids is 2. The van der Waals surface area contributed by atoms with E-state index >= 15 is 0 Å². The first kappa shape index (κ1) is 21.2. The van der Waals surface area contributed by atoms with Crippen LogP contribution in [-0.2, 0) is 11.2 Å². The molecule has 158 valence electrons. The third-order valence-electron chi connectivity index (χ3n) is 5.56. The Morgan fingerprint density at radius 1 is 1.00 bits per heavy atom. The Hall–Kier alpha value is -3.05. The van der Waals surface area contributed by atoms with Gasteiger partial charge in [0.2, 0.25) is 5.91 Å². The highest BCUT2D eigenvalue weighted by atomic mass is 32.2. The van der Waals surface area contributed by atoms with E-state index in [0.717, 1.165) is 17.5 Å². The summed E-state index contributed by atoms with van der Waals surface area (Å²) in [5.74, 6) is 0.569. The number of amides is 2. The molecular formula is C26H26N2O2S.